The number of hydrogen-bond acceptors (Lipinski definition) is 6. The molecule has 8 nitrogen and oxygen atoms in total. The predicted octanol–water partition coefficient (Wildman–Crippen LogP) is 3.10. The van der Waals surface area contributed by atoms with Gasteiger partial charge < -0.3 is 4.74 Å². The normalized spacial score (nSPS) is 11.1. The Hall–Kier alpha value is -2.45. The molecule has 0 amide bonds. The van der Waals surface area contributed by atoms with Crippen molar-refractivity contribution in [2.24, 2.45) is 0 Å². The zero-order chi connectivity index (χ0) is 18.0. The van der Waals surface area contributed by atoms with Crippen LogP contribution in [0.3, 0.4) is 0 Å². The van der Waals surface area contributed by atoms with Crippen LogP contribution in [-0.4, -0.2) is 30.8 Å². The number of tetrazole rings is 1. The Kier molecular flexibility index (Phi) is 5.00. The van der Waals surface area contributed by atoms with Gasteiger partial charge in [0, 0.05) is 18.1 Å². The molecule has 0 bridgehead atoms. The highest BCUT2D eigenvalue weighted by Crippen LogP contribution is 2.37. The lowest BCUT2D eigenvalue weighted by Gasteiger charge is -2.11. The molecule has 2 N–H and O–H groups in total. The van der Waals surface area contributed by atoms with E-state index in [0.717, 1.165) is 5.56 Å². The second kappa shape index (κ2) is 7.20. The molecule has 0 fully saturated rings. The van der Waals surface area contributed by atoms with Crippen LogP contribution >= 0.6 is 23.2 Å². The van der Waals surface area contributed by atoms with Crippen LogP contribution in [-0.2, 0) is 6.42 Å². The summed E-state index contributed by atoms with van der Waals surface area (Å²) in [6.45, 7) is 3.81. The Balaban J connectivity index is 1.88. The monoisotopic (exact) mass is 380 g/mol. The number of aromatic nitrogens is 6. The van der Waals surface area contributed by atoms with Crippen LogP contribution in [0.5, 0.6) is 11.6 Å². The Bertz CT molecular complexity index is 916. The third-order valence-corrected chi connectivity index (χ3v) is 4.02. The quantitative estimate of drug-likeness (QED) is 0.703. The summed E-state index contributed by atoms with van der Waals surface area (Å²) in [7, 11) is 0. The molecule has 0 unspecified atom stereocenters. The third-order valence-electron chi connectivity index (χ3n) is 3.46. The molecular formula is C15H14Cl2N6O2. The number of nitrogens with one attached hydrogen (secondary N) is 2. The Morgan fingerprint density at radius 2 is 1.88 bits per heavy atom. The fourth-order valence-corrected chi connectivity index (χ4v) is 2.86. The molecule has 0 saturated heterocycles. The van der Waals surface area contributed by atoms with Gasteiger partial charge in [-0.2, -0.15) is 0 Å². The zero-order valence-electron chi connectivity index (χ0n) is 13.4. The van der Waals surface area contributed by atoms with Crippen LogP contribution in [0.1, 0.15) is 36.7 Å². The van der Waals surface area contributed by atoms with Gasteiger partial charge in [0.25, 0.3) is 5.56 Å². The van der Waals surface area contributed by atoms with Crippen LogP contribution in [0.15, 0.2) is 23.0 Å². The van der Waals surface area contributed by atoms with Crippen molar-refractivity contribution in [3.8, 4) is 11.6 Å². The Morgan fingerprint density at radius 1 is 1.16 bits per heavy atom. The van der Waals surface area contributed by atoms with Gasteiger partial charge in [-0.25, -0.2) is 10.2 Å². The number of hydrogen-bond donors (Lipinski definition) is 2. The third kappa shape index (κ3) is 3.97. The molecule has 10 heteroatoms. The second-order valence-electron chi connectivity index (χ2n) is 5.66. The molecule has 130 valence electrons. The van der Waals surface area contributed by atoms with Crippen LogP contribution < -0.4 is 10.3 Å². The lowest BCUT2D eigenvalue weighted by Crippen LogP contribution is -2.15. The topological polar surface area (TPSA) is 109 Å². The van der Waals surface area contributed by atoms with E-state index < -0.39 is 0 Å². The highest BCUT2D eigenvalue weighted by atomic mass is 35.5. The van der Waals surface area contributed by atoms with Crippen molar-refractivity contribution >= 4 is 23.2 Å². The molecule has 3 rings (SSSR count). The molecule has 2 heterocycles. The van der Waals surface area contributed by atoms with E-state index in [0.29, 0.717) is 27.9 Å². The highest BCUT2D eigenvalue weighted by molar-refractivity contribution is 6.37. The van der Waals surface area contributed by atoms with Gasteiger partial charge in [-0.3, -0.25) is 4.79 Å². The molecule has 0 atom stereocenters. The molecule has 0 saturated carbocycles. The number of H-pyrrole nitrogens is 2. The van der Waals surface area contributed by atoms with Crippen molar-refractivity contribution in [3.05, 3.63) is 55.5 Å². The number of benzene rings is 1. The number of nitrogens with zero attached hydrogens (tertiary/aromatic N) is 4. The van der Waals surface area contributed by atoms with Crippen LogP contribution in [0, 0.1) is 0 Å². The molecule has 25 heavy (non-hydrogen) atoms. The van der Waals surface area contributed by atoms with E-state index in [1.54, 1.807) is 18.2 Å². The zero-order valence-corrected chi connectivity index (χ0v) is 14.9. The standard InChI is InChI=1S/C15H14Cl2N6O2/c1-7(2)9-6-13(20-21-15(9)24)25-14-10(16)3-8(4-11(14)17)5-12-18-22-23-19-12/h3-4,6-7H,5H2,1-2H3,(H,21,24)(H,18,19,22,23). The van der Waals surface area contributed by atoms with Crippen molar-refractivity contribution < 1.29 is 4.74 Å². The average Bonchev–Trinajstić information content (AvgIpc) is 3.05. The van der Waals surface area contributed by atoms with Gasteiger partial charge >= 0.3 is 0 Å². The SMILES string of the molecule is CC(C)c1cc(Oc2c(Cl)cc(Cc3nnn[nH]3)cc2Cl)n[nH]c1=O. The summed E-state index contributed by atoms with van der Waals surface area (Å²) in [6, 6.07) is 4.99. The van der Waals surface area contributed by atoms with E-state index in [2.05, 4.69) is 30.8 Å². The maximum atomic E-state index is 11.8. The first-order valence-corrected chi connectivity index (χ1v) is 8.17. The Labute approximate surface area is 152 Å². The smallest absolute Gasteiger partial charge is 0.267 e. The number of ether oxygens (including phenoxy) is 1. The molecular weight excluding hydrogens is 367 g/mol. The summed E-state index contributed by atoms with van der Waals surface area (Å²) in [5, 5.41) is 20.4. The molecule has 1 aromatic carbocycles. The van der Waals surface area contributed by atoms with Crippen molar-refractivity contribution in [3.63, 3.8) is 0 Å². The summed E-state index contributed by atoms with van der Waals surface area (Å²) >= 11 is 12.6. The number of halogens is 2. The van der Waals surface area contributed by atoms with Gasteiger partial charge in [-0.05, 0) is 34.0 Å². The summed E-state index contributed by atoms with van der Waals surface area (Å²) in [5.41, 5.74) is 1.13. The van der Waals surface area contributed by atoms with Crippen molar-refractivity contribution in [2.45, 2.75) is 26.2 Å². The number of aromatic amines is 2. The van der Waals surface area contributed by atoms with Gasteiger partial charge in [-0.15, -0.1) is 10.2 Å². The van der Waals surface area contributed by atoms with Gasteiger partial charge in [0.05, 0.1) is 10.0 Å². The molecule has 0 spiro atoms. The van der Waals surface area contributed by atoms with E-state index in [1.807, 2.05) is 13.8 Å². The summed E-state index contributed by atoms with van der Waals surface area (Å²) < 4.78 is 5.68. The van der Waals surface area contributed by atoms with E-state index in [-0.39, 0.29) is 23.1 Å². The first-order valence-electron chi connectivity index (χ1n) is 7.42. The first kappa shape index (κ1) is 17.4. The maximum absolute atomic E-state index is 11.8. The minimum absolute atomic E-state index is 0.0259. The maximum Gasteiger partial charge on any atom is 0.267 e. The van der Waals surface area contributed by atoms with E-state index in [9.17, 15) is 4.79 Å². The summed E-state index contributed by atoms with van der Waals surface area (Å²) in [5.74, 6) is 1.08. The lowest BCUT2D eigenvalue weighted by molar-refractivity contribution is 0.452. The minimum Gasteiger partial charge on any atom is -0.434 e. The van der Waals surface area contributed by atoms with E-state index in [1.165, 1.54) is 0 Å². The molecule has 0 aliphatic carbocycles. The molecule has 0 aliphatic rings. The van der Waals surface area contributed by atoms with Gasteiger partial charge in [0.2, 0.25) is 5.88 Å². The minimum atomic E-state index is -0.254. The van der Waals surface area contributed by atoms with Crippen LogP contribution in [0.4, 0.5) is 0 Å². The molecule has 0 radical (unpaired) electrons. The van der Waals surface area contributed by atoms with E-state index >= 15 is 0 Å². The second-order valence-corrected chi connectivity index (χ2v) is 6.48. The van der Waals surface area contributed by atoms with Gasteiger partial charge in [0.15, 0.2) is 11.6 Å². The highest BCUT2D eigenvalue weighted by Gasteiger charge is 2.15. The molecule has 2 aromatic heterocycles. The van der Waals surface area contributed by atoms with Crippen molar-refractivity contribution in [1.29, 1.82) is 0 Å². The van der Waals surface area contributed by atoms with E-state index in [4.69, 9.17) is 27.9 Å². The van der Waals surface area contributed by atoms with Gasteiger partial charge in [-0.1, -0.05) is 37.0 Å². The largest absolute Gasteiger partial charge is 0.434 e. The predicted molar refractivity (Wildman–Crippen MR) is 92.5 cm³/mol. The number of rotatable bonds is 5. The Morgan fingerprint density at radius 3 is 2.48 bits per heavy atom. The summed E-state index contributed by atoms with van der Waals surface area (Å²) in [4.78, 5) is 11.8. The van der Waals surface area contributed by atoms with Gasteiger partial charge in [0.1, 0.15) is 0 Å². The molecule has 3 aromatic rings. The molecule has 0 aliphatic heterocycles. The summed E-state index contributed by atoms with van der Waals surface area (Å²) in [6.07, 6.45) is 0.446. The first-order chi connectivity index (χ1) is 11.9. The van der Waals surface area contributed by atoms with Crippen LogP contribution in [0.2, 0.25) is 10.0 Å². The van der Waals surface area contributed by atoms with Crippen molar-refractivity contribution in [1.82, 2.24) is 30.8 Å². The van der Waals surface area contributed by atoms with Crippen molar-refractivity contribution in [2.75, 3.05) is 0 Å². The average molecular weight is 381 g/mol. The fourth-order valence-electron chi connectivity index (χ4n) is 2.25. The van der Waals surface area contributed by atoms with Crippen LogP contribution in [0.25, 0.3) is 0 Å². The fraction of sp³-hybridized carbons (Fsp3) is 0.267. The lowest BCUT2D eigenvalue weighted by atomic mass is 10.1.